The second-order valence-corrected chi connectivity index (χ2v) is 3.04. The highest BCUT2D eigenvalue weighted by atomic mass is 15.2. The van der Waals surface area contributed by atoms with Gasteiger partial charge < -0.3 is 4.90 Å². The summed E-state index contributed by atoms with van der Waals surface area (Å²) in [4.78, 5) is 10.5. The zero-order chi connectivity index (χ0) is 8.55. The summed E-state index contributed by atoms with van der Waals surface area (Å²) < 4.78 is 0. The van der Waals surface area contributed by atoms with Gasteiger partial charge in [0.25, 0.3) is 0 Å². The molecular weight excluding hydrogens is 150 g/mol. The van der Waals surface area contributed by atoms with Gasteiger partial charge in [0, 0.05) is 24.6 Å². The molecule has 0 aromatic carbocycles. The molecule has 0 aromatic rings. The predicted molar refractivity (Wildman–Crippen MR) is 50.1 cm³/mol. The number of hydrogen-bond donors (Lipinski definition) is 0. The van der Waals surface area contributed by atoms with Crippen molar-refractivity contribution in [2.45, 2.75) is 13.8 Å². The summed E-state index contributed by atoms with van der Waals surface area (Å²) >= 11 is 0. The Bertz CT molecular complexity index is 321. The lowest BCUT2D eigenvalue weighted by Crippen LogP contribution is -2.32. The Morgan fingerprint density at radius 2 is 2.25 bits per heavy atom. The van der Waals surface area contributed by atoms with Crippen LogP contribution in [0.15, 0.2) is 33.7 Å². The number of allylic oxidation sites excluding steroid dienone is 1. The van der Waals surface area contributed by atoms with Crippen molar-refractivity contribution < 1.29 is 0 Å². The summed E-state index contributed by atoms with van der Waals surface area (Å²) in [6, 6.07) is 0. The molecule has 0 bridgehead atoms. The molecule has 62 valence electrons. The van der Waals surface area contributed by atoms with Gasteiger partial charge in [-0.15, -0.1) is 0 Å². The van der Waals surface area contributed by atoms with Gasteiger partial charge in [-0.1, -0.05) is 0 Å². The van der Waals surface area contributed by atoms with Crippen molar-refractivity contribution in [1.82, 2.24) is 4.90 Å². The molecule has 0 radical (unpaired) electrons. The minimum absolute atomic E-state index is 0.938. The van der Waals surface area contributed by atoms with Crippen LogP contribution in [-0.2, 0) is 0 Å². The molecule has 2 aliphatic heterocycles. The van der Waals surface area contributed by atoms with E-state index in [1.165, 1.54) is 5.57 Å². The van der Waals surface area contributed by atoms with Gasteiger partial charge >= 0.3 is 0 Å². The molecule has 12 heavy (non-hydrogen) atoms. The van der Waals surface area contributed by atoms with Gasteiger partial charge in [0.1, 0.15) is 0 Å². The topological polar surface area (TPSA) is 28.0 Å². The minimum atomic E-state index is 0.938. The van der Waals surface area contributed by atoms with Gasteiger partial charge in [0.15, 0.2) is 5.84 Å². The first-order valence-corrected chi connectivity index (χ1v) is 3.99. The van der Waals surface area contributed by atoms with Gasteiger partial charge in [-0.25, -0.2) is 4.99 Å². The summed E-state index contributed by atoms with van der Waals surface area (Å²) in [5.74, 6) is 0.945. The van der Waals surface area contributed by atoms with E-state index in [0.29, 0.717) is 0 Å². The van der Waals surface area contributed by atoms with Crippen LogP contribution in [0.2, 0.25) is 0 Å². The van der Waals surface area contributed by atoms with Crippen LogP contribution < -0.4 is 0 Å². The molecule has 3 heteroatoms. The van der Waals surface area contributed by atoms with Crippen molar-refractivity contribution in [3.05, 3.63) is 23.7 Å². The SMILES string of the molecule is CC1=C(C)N=C2C=NC=CN2C1. The summed E-state index contributed by atoms with van der Waals surface area (Å²) in [6.45, 7) is 5.08. The van der Waals surface area contributed by atoms with Crippen LogP contribution in [0.4, 0.5) is 0 Å². The second-order valence-electron chi connectivity index (χ2n) is 3.04. The molecule has 3 nitrogen and oxygen atoms in total. The molecule has 0 aromatic heterocycles. The van der Waals surface area contributed by atoms with Crippen molar-refractivity contribution in [2.75, 3.05) is 6.54 Å². The Balaban J connectivity index is 2.38. The number of amidine groups is 1. The van der Waals surface area contributed by atoms with E-state index in [0.717, 1.165) is 18.1 Å². The fraction of sp³-hybridized carbons (Fsp3) is 0.333. The van der Waals surface area contributed by atoms with Crippen LogP contribution >= 0.6 is 0 Å². The third-order valence-corrected chi connectivity index (χ3v) is 2.12. The fourth-order valence-corrected chi connectivity index (χ4v) is 1.24. The van der Waals surface area contributed by atoms with Gasteiger partial charge in [-0.2, -0.15) is 0 Å². The Kier molecular flexibility index (Phi) is 1.57. The van der Waals surface area contributed by atoms with Gasteiger partial charge in [-0.05, 0) is 19.4 Å². The minimum Gasteiger partial charge on any atom is -0.326 e. The first-order chi connectivity index (χ1) is 5.77. The van der Waals surface area contributed by atoms with Crippen LogP contribution in [-0.4, -0.2) is 23.5 Å². The first-order valence-electron chi connectivity index (χ1n) is 3.99. The van der Waals surface area contributed by atoms with Gasteiger partial charge in [0.05, 0.1) is 6.21 Å². The van der Waals surface area contributed by atoms with Crippen molar-refractivity contribution >= 4 is 12.1 Å². The lowest BCUT2D eigenvalue weighted by atomic mass is 10.2. The van der Waals surface area contributed by atoms with Crippen LogP contribution in [0, 0.1) is 0 Å². The summed E-state index contributed by atoms with van der Waals surface area (Å²) in [5.41, 5.74) is 2.43. The Hall–Kier alpha value is -1.38. The van der Waals surface area contributed by atoms with Crippen molar-refractivity contribution in [3.8, 4) is 0 Å². The summed E-state index contributed by atoms with van der Waals surface area (Å²) in [5, 5.41) is 0. The quantitative estimate of drug-likeness (QED) is 0.529. The number of rotatable bonds is 0. The van der Waals surface area contributed by atoms with Crippen molar-refractivity contribution in [3.63, 3.8) is 0 Å². The van der Waals surface area contributed by atoms with E-state index in [-0.39, 0.29) is 0 Å². The van der Waals surface area contributed by atoms with Crippen molar-refractivity contribution in [2.24, 2.45) is 9.98 Å². The average Bonchev–Trinajstić information content (AvgIpc) is 2.07. The summed E-state index contributed by atoms with van der Waals surface area (Å²) in [7, 11) is 0. The highest BCUT2D eigenvalue weighted by molar-refractivity contribution is 6.30. The van der Waals surface area contributed by atoms with E-state index in [9.17, 15) is 0 Å². The monoisotopic (exact) mass is 161 g/mol. The molecular formula is C9H11N3. The molecule has 0 atom stereocenters. The maximum absolute atomic E-state index is 4.41. The molecule has 2 rings (SSSR count). The number of aliphatic imine (C=N–C) groups is 2. The zero-order valence-electron chi connectivity index (χ0n) is 7.28. The first kappa shape index (κ1) is 7.28. The molecule has 0 saturated carbocycles. The van der Waals surface area contributed by atoms with Crippen LogP contribution in [0.1, 0.15) is 13.8 Å². The van der Waals surface area contributed by atoms with Crippen LogP contribution in [0.5, 0.6) is 0 Å². The zero-order valence-corrected chi connectivity index (χ0v) is 7.28. The average molecular weight is 161 g/mol. The van der Waals surface area contributed by atoms with E-state index in [1.807, 2.05) is 13.1 Å². The standard InChI is InChI=1S/C9H11N3/c1-7-6-12-4-3-10-5-9(12)11-8(7)2/h3-5H,6H2,1-2H3. The van der Waals surface area contributed by atoms with Crippen LogP contribution in [0.25, 0.3) is 0 Å². The van der Waals surface area contributed by atoms with Crippen LogP contribution in [0.3, 0.4) is 0 Å². The molecule has 0 amide bonds. The molecule has 0 spiro atoms. The molecule has 2 heterocycles. The summed E-state index contributed by atoms with van der Waals surface area (Å²) in [6.07, 6.45) is 5.53. The molecule has 0 fully saturated rings. The number of nitrogens with zero attached hydrogens (tertiary/aromatic N) is 3. The largest absolute Gasteiger partial charge is 0.326 e. The van der Waals surface area contributed by atoms with E-state index < -0.39 is 0 Å². The van der Waals surface area contributed by atoms with Gasteiger partial charge in [-0.3, -0.25) is 4.99 Å². The lowest BCUT2D eigenvalue weighted by molar-refractivity contribution is 0.591. The van der Waals surface area contributed by atoms with Gasteiger partial charge in [0.2, 0.25) is 0 Å². The lowest BCUT2D eigenvalue weighted by Gasteiger charge is -2.26. The van der Waals surface area contributed by atoms with E-state index in [2.05, 4.69) is 21.8 Å². The number of fused-ring (bicyclic) bond motifs is 1. The second kappa shape index (κ2) is 2.59. The maximum atomic E-state index is 4.41. The fourth-order valence-electron chi connectivity index (χ4n) is 1.24. The highest BCUT2D eigenvalue weighted by Crippen LogP contribution is 2.15. The maximum Gasteiger partial charge on any atom is 0.151 e. The smallest absolute Gasteiger partial charge is 0.151 e. The van der Waals surface area contributed by atoms with E-state index >= 15 is 0 Å². The van der Waals surface area contributed by atoms with E-state index in [4.69, 9.17) is 0 Å². The Morgan fingerprint density at radius 1 is 1.42 bits per heavy atom. The third-order valence-electron chi connectivity index (χ3n) is 2.12. The van der Waals surface area contributed by atoms with E-state index in [1.54, 1.807) is 12.4 Å². The molecule has 0 N–H and O–H groups in total. The molecule has 0 saturated heterocycles. The highest BCUT2D eigenvalue weighted by Gasteiger charge is 2.15. The van der Waals surface area contributed by atoms with Crippen molar-refractivity contribution in [1.29, 1.82) is 0 Å². The third kappa shape index (κ3) is 1.07. The Labute approximate surface area is 71.8 Å². The normalized spacial score (nSPS) is 21.2. The number of hydrogen-bond acceptors (Lipinski definition) is 3. The molecule has 2 aliphatic rings. The Morgan fingerprint density at radius 3 is 3.08 bits per heavy atom. The molecule has 0 unspecified atom stereocenters. The predicted octanol–water partition coefficient (Wildman–Crippen LogP) is 1.55. The molecule has 0 aliphatic carbocycles.